The number of anilines is 3. The smallest absolute Gasteiger partial charge is 0.248 e. The lowest BCUT2D eigenvalue weighted by molar-refractivity contribution is 0.515. The number of aromatic amines is 1. The van der Waals surface area contributed by atoms with Crippen LogP contribution in [0.25, 0.3) is 10.9 Å². The van der Waals surface area contributed by atoms with E-state index in [2.05, 4.69) is 14.9 Å². The van der Waals surface area contributed by atoms with Crippen LogP contribution in [-0.4, -0.2) is 28.0 Å². The van der Waals surface area contributed by atoms with Gasteiger partial charge in [-0.3, -0.25) is 4.79 Å². The fourth-order valence-corrected chi connectivity index (χ4v) is 4.33. The van der Waals surface area contributed by atoms with Gasteiger partial charge in [0.15, 0.2) is 11.6 Å². The largest absolute Gasteiger partial charge is 0.356 e. The molecule has 0 unspecified atom stereocenters. The highest BCUT2D eigenvalue weighted by Crippen LogP contribution is 2.30. The van der Waals surface area contributed by atoms with Crippen LogP contribution in [0.1, 0.15) is 18.4 Å². The molecule has 4 aromatic rings. The van der Waals surface area contributed by atoms with Crippen LogP contribution in [0.15, 0.2) is 59.5 Å². The van der Waals surface area contributed by atoms with Gasteiger partial charge in [0.25, 0.3) is 0 Å². The minimum Gasteiger partial charge on any atom is -0.356 e. The van der Waals surface area contributed by atoms with Gasteiger partial charge in [0, 0.05) is 41.4 Å². The second-order valence-corrected chi connectivity index (χ2v) is 8.35. The number of nitrogens with zero attached hydrogens (tertiary/aromatic N) is 4. The summed E-state index contributed by atoms with van der Waals surface area (Å²) < 4.78 is 28.2. The molecule has 5 rings (SSSR count). The predicted octanol–water partition coefficient (Wildman–Crippen LogP) is 5.19. The van der Waals surface area contributed by atoms with Gasteiger partial charge in [-0.25, -0.2) is 13.8 Å². The number of rotatable bonds is 5. The average molecular weight is 468 g/mol. The van der Waals surface area contributed by atoms with E-state index >= 15 is 0 Å². The summed E-state index contributed by atoms with van der Waals surface area (Å²) in [7, 11) is 0. The molecule has 9 heteroatoms. The molecule has 0 radical (unpaired) electrons. The summed E-state index contributed by atoms with van der Waals surface area (Å²) in [6, 6.07) is 12.9. The number of hydrogen-bond acceptors (Lipinski definition) is 5. The first-order valence-electron chi connectivity index (χ1n) is 10.6. The van der Waals surface area contributed by atoms with Crippen LogP contribution in [0.5, 0.6) is 0 Å². The van der Waals surface area contributed by atoms with E-state index in [0.717, 1.165) is 37.8 Å². The summed E-state index contributed by atoms with van der Waals surface area (Å²) in [6.45, 7) is 2.00. The van der Waals surface area contributed by atoms with Crippen molar-refractivity contribution in [1.82, 2.24) is 15.0 Å². The SMILES string of the molecule is O=c1cc(CN(c2cccc(Cl)c2)c2nccc(N3CCCC3)n2)c2ccc(F)c(F)c2[nH]1. The Morgan fingerprint density at radius 3 is 2.70 bits per heavy atom. The van der Waals surface area contributed by atoms with Crippen molar-refractivity contribution in [3.63, 3.8) is 0 Å². The molecule has 3 heterocycles. The van der Waals surface area contributed by atoms with Crippen molar-refractivity contribution in [2.45, 2.75) is 19.4 Å². The lowest BCUT2D eigenvalue weighted by Crippen LogP contribution is -2.24. The number of halogens is 3. The number of nitrogens with one attached hydrogen (secondary N) is 1. The molecule has 0 bridgehead atoms. The Morgan fingerprint density at radius 2 is 1.91 bits per heavy atom. The third-order valence-electron chi connectivity index (χ3n) is 5.74. The molecule has 1 aliphatic rings. The molecule has 0 spiro atoms. The maximum absolute atomic E-state index is 14.4. The first-order chi connectivity index (χ1) is 16.0. The average Bonchev–Trinajstić information content (AvgIpc) is 3.35. The van der Waals surface area contributed by atoms with Crippen molar-refractivity contribution in [3.05, 3.63) is 87.3 Å². The summed E-state index contributed by atoms with van der Waals surface area (Å²) in [5.74, 6) is -0.886. The molecule has 0 saturated carbocycles. The molecule has 1 N–H and O–H groups in total. The van der Waals surface area contributed by atoms with Gasteiger partial charge >= 0.3 is 0 Å². The van der Waals surface area contributed by atoms with Gasteiger partial charge < -0.3 is 14.8 Å². The molecule has 33 heavy (non-hydrogen) atoms. The lowest BCUT2D eigenvalue weighted by atomic mass is 10.1. The Morgan fingerprint density at radius 1 is 1.09 bits per heavy atom. The van der Waals surface area contributed by atoms with E-state index in [9.17, 15) is 13.6 Å². The van der Waals surface area contributed by atoms with E-state index in [1.807, 2.05) is 12.1 Å². The van der Waals surface area contributed by atoms with Crippen molar-refractivity contribution in [3.8, 4) is 0 Å². The number of pyridine rings is 1. The minimum atomic E-state index is -1.09. The van der Waals surface area contributed by atoms with Gasteiger partial charge in [0.1, 0.15) is 5.82 Å². The number of fused-ring (bicyclic) bond motifs is 1. The van der Waals surface area contributed by atoms with Crippen molar-refractivity contribution >= 4 is 40.0 Å². The Hall–Kier alpha value is -3.52. The maximum atomic E-state index is 14.4. The molecule has 2 aromatic heterocycles. The molecule has 168 valence electrons. The summed E-state index contributed by atoms with van der Waals surface area (Å²) in [5.41, 5.74) is 0.509. The summed E-state index contributed by atoms with van der Waals surface area (Å²) in [5, 5.41) is 0.924. The molecule has 1 fully saturated rings. The molecule has 1 saturated heterocycles. The molecular formula is C24H20ClF2N5O. The predicted molar refractivity (Wildman–Crippen MR) is 125 cm³/mol. The highest BCUT2D eigenvalue weighted by Gasteiger charge is 2.20. The van der Waals surface area contributed by atoms with E-state index in [-0.39, 0.29) is 12.1 Å². The normalized spacial score (nSPS) is 13.6. The van der Waals surface area contributed by atoms with Crippen molar-refractivity contribution < 1.29 is 8.78 Å². The molecule has 0 amide bonds. The zero-order valence-electron chi connectivity index (χ0n) is 17.6. The summed E-state index contributed by atoms with van der Waals surface area (Å²) in [4.78, 5) is 27.9. The second kappa shape index (κ2) is 8.78. The third-order valence-corrected chi connectivity index (χ3v) is 5.98. The van der Waals surface area contributed by atoms with Gasteiger partial charge in [-0.2, -0.15) is 4.98 Å². The van der Waals surface area contributed by atoms with E-state index in [4.69, 9.17) is 16.6 Å². The van der Waals surface area contributed by atoms with Crippen LogP contribution < -0.4 is 15.4 Å². The van der Waals surface area contributed by atoms with Gasteiger partial charge in [0.05, 0.1) is 12.1 Å². The van der Waals surface area contributed by atoms with Crippen molar-refractivity contribution in [2.24, 2.45) is 0 Å². The van der Waals surface area contributed by atoms with E-state index in [1.54, 1.807) is 29.3 Å². The third kappa shape index (κ3) is 4.26. The van der Waals surface area contributed by atoms with Gasteiger partial charge in [-0.1, -0.05) is 17.7 Å². The number of hydrogen-bond donors (Lipinski definition) is 1. The Kier molecular flexibility index (Phi) is 5.68. The van der Waals surface area contributed by atoms with Gasteiger partial charge in [-0.05, 0) is 54.8 Å². The van der Waals surface area contributed by atoms with Crippen molar-refractivity contribution in [1.29, 1.82) is 0 Å². The summed E-state index contributed by atoms with van der Waals surface area (Å²) >= 11 is 6.25. The van der Waals surface area contributed by atoms with E-state index in [1.165, 1.54) is 12.1 Å². The zero-order valence-corrected chi connectivity index (χ0v) is 18.3. The fraction of sp³-hybridized carbons (Fsp3) is 0.208. The Bertz CT molecular complexity index is 1390. The molecule has 2 aromatic carbocycles. The number of aromatic nitrogens is 3. The topological polar surface area (TPSA) is 65.1 Å². The monoisotopic (exact) mass is 467 g/mol. The maximum Gasteiger partial charge on any atom is 0.248 e. The lowest BCUT2D eigenvalue weighted by Gasteiger charge is -2.25. The number of H-pyrrole nitrogens is 1. The Balaban J connectivity index is 1.63. The highest BCUT2D eigenvalue weighted by molar-refractivity contribution is 6.30. The molecule has 0 aliphatic carbocycles. The van der Waals surface area contributed by atoms with Crippen LogP contribution in [0.2, 0.25) is 5.02 Å². The molecule has 1 aliphatic heterocycles. The number of benzene rings is 2. The highest BCUT2D eigenvalue weighted by atomic mass is 35.5. The van der Waals surface area contributed by atoms with Crippen LogP contribution in [0.4, 0.5) is 26.2 Å². The first-order valence-corrected chi connectivity index (χ1v) is 11.0. The minimum absolute atomic E-state index is 0.148. The van der Waals surface area contributed by atoms with Gasteiger partial charge in [-0.15, -0.1) is 0 Å². The quantitative estimate of drug-likeness (QED) is 0.437. The Labute approximate surface area is 193 Å². The fourth-order valence-electron chi connectivity index (χ4n) is 4.15. The van der Waals surface area contributed by atoms with Crippen LogP contribution in [-0.2, 0) is 6.54 Å². The summed E-state index contributed by atoms with van der Waals surface area (Å²) in [6.07, 6.45) is 3.91. The van der Waals surface area contributed by atoms with E-state index < -0.39 is 17.2 Å². The molecular weight excluding hydrogens is 448 g/mol. The van der Waals surface area contributed by atoms with Crippen LogP contribution >= 0.6 is 11.6 Å². The zero-order chi connectivity index (χ0) is 22.9. The standard InChI is InChI=1S/C24H20ClF2N5O/c25-16-4-3-5-17(13-16)32(24-28-9-8-20(29-24)31-10-1-2-11-31)14-15-12-21(33)30-23-18(15)6-7-19(26)22(23)27/h3-9,12-13H,1-2,10-11,14H2,(H,30,33). The van der Waals surface area contributed by atoms with Crippen molar-refractivity contribution in [2.75, 3.05) is 22.9 Å². The van der Waals surface area contributed by atoms with Crippen LogP contribution in [0.3, 0.4) is 0 Å². The molecule has 0 atom stereocenters. The van der Waals surface area contributed by atoms with Gasteiger partial charge in [0.2, 0.25) is 11.5 Å². The first kappa shape index (κ1) is 21.3. The molecule has 6 nitrogen and oxygen atoms in total. The second-order valence-electron chi connectivity index (χ2n) is 7.92. The van der Waals surface area contributed by atoms with E-state index in [0.29, 0.717) is 27.6 Å². The van der Waals surface area contributed by atoms with Crippen LogP contribution in [0, 0.1) is 11.6 Å².